The number of fused-ring (bicyclic) bond motifs is 1. The molecule has 0 heterocycles. The van der Waals surface area contributed by atoms with Gasteiger partial charge in [0.15, 0.2) is 11.5 Å². The maximum atomic E-state index is 14.5. The van der Waals surface area contributed by atoms with Crippen LogP contribution in [0, 0.1) is 5.82 Å². The monoisotopic (exact) mass is 514 g/mol. The van der Waals surface area contributed by atoms with E-state index in [-0.39, 0.29) is 35.0 Å². The molecule has 38 heavy (non-hydrogen) atoms. The van der Waals surface area contributed by atoms with Crippen LogP contribution in [0.3, 0.4) is 0 Å². The molecule has 0 saturated heterocycles. The van der Waals surface area contributed by atoms with E-state index >= 15 is 0 Å². The SMILES string of the molecule is COc1cc(/C=C2/C(C)=C(C(NC3CC3)C(=O)NCc3ccccc3)c3cc(F)ccc32)cc(OC)c1O. The summed E-state index contributed by atoms with van der Waals surface area (Å²) in [6.45, 7) is 2.36. The van der Waals surface area contributed by atoms with Crippen molar-refractivity contribution in [3.63, 3.8) is 0 Å². The molecular weight excluding hydrogens is 483 g/mol. The molecule has 1 atom stereocenters. The second-order valence-electron chi connectivity index (χ2n) is 9.64. The molecule has 6 nitrogen and oxygen atoms in total. The lowest BCUT2D eigenvalue weighted by molar-refractivity contribution is -0.122. The highest BCUT2D eigenvalue weighted by molar-refractivity contribution is 6.11. The number of hydrogen-bond donors (Lipinski definition) is 3. The van der Waals surface area contributed by atoms with Crippen molar-refractivity contribution >= 4 is 23.1 Å². The zero-order chi connectivity index (χ0) is 26.8. The number of phenols is 1. The van der Waals surface area contributed by atoms with E-state index < -0.39 is 6.04 Å². The Balaban J connectivity index is 1.57. The number of carbonyl (C=O) groups excluding carboxylic acids is 1. The predicted molar refractivity (Wildman–Crippen MR) is 146 cm³/mol. The second kappa shape index (κ2) is 10.7. The number of ether oxygens (including phenoxy) is 2. The number of benzene rings is 3. The standard InChI is InChI=1S/C31H31FN2O4/c1-18-24(13-20-14-26(37-2)30(35)27(15-20)38-3)23-12-9-21(32)16-25(23)28(18)29(34-22-10-11-22)31(36)33-17-19-7-5-4-6-8-19/h4-9,12-16,22,29,34-35H,10-11,17H2,1-3H3,(H,33,36)/b24-13-. The van der Waals surface area contributed by atoms with Crippen LogP contribution in [0.2, 0.25) is 0 Å². The number of allylic oxidation sites excluding steroid dienone is 2. The number of halogens is 1. The number of nitrogens with one attached hydrogen (secondary N) is 2. The van der Waals surface area contributed by atoms with Crippen LogP contribution in [0.25, 0.3) is 17.2 Å². The van der Waals surface area contributed by atoms with Gasteiger partial charge in [-0.25, -0.2) is 4.39 Å². The summed E-state index contributed by atoms with van der Waals surface area (Å²) < 4.78 is 25.2. The quantitative estimate of drug-likeness (QED) is 0.361. The van der Waals surface area contributed by atoms with E-state index in [0.29, 0.717) is 12.1 Å². The Hall–Kier alpha value is -4.10. The van der Waals surface area contributed by atoms with Crippen molar-refractivity contribution < 1.29 is 23.8 Å². The van der Waals surface area contributed by atoms with Crippen LogP contribution in [0.4, 0.5) is 4.39 Å². The first-order valence-corrected chi connectivity index (χ1v) is 12.7. The molecule has 5 rings (SSSR count). The van der Waals surface area contributed by atoms with E-state index in [9.17, 15) is 14.3 Å². The molecule has 0 radical (unpaired) electrons. The molecule has 0 spiro atoms. The van der Waals surface area contributed by atoms with Gasteiger partial charge in [0, 0.05) is 12.6 Å². The number of phenolic OH excluding ortho intramolecular Hbond substituents is 1. The molecule has 3 aromatic carbocycles. The van der Waals surface area contributed by atoms with Crippen molar-refractivity contribution in [1.29, 1.82) is 0 Å². The van der Waals surface area contributed by atoms with Gasteiger partial charge in [-0.2, -0.15) is 0 Å². The lowest BCUT2D eigenvalue weighted by Gasteiger charge is -2.21. The number of hydrogen-bond acceptors (Lipinski definition) is 5. The summed E-state index contributed by atoms with van der Waals surface area (Å²) in [5.74, 6) is -0.0339. The minimum atomic E-state index is -0.637. The van der Waals surface area contributed by atoms with Crippen molar-refractivity contribution in [2.24, 2.45) is 0 Å². The van der Waals surface area contributed by atoms with Crippen molar-refractivity contribution in [3.8, 4) is 17.2 Å². The molecule has 1 fully saturated rings. The molecule has 196 valence electrons. The van der Waals surface area contributed by atoms with Crippen LogP contribution in [-0.4, -0.2) is 37.3 Å². The van der Waals surface area contributed by atoms with Crippen molar-refractivity contribution in [2.75, 3.05) is 14.2 Å². The van der Waals surface area contributed by atoms with E-state index in [2.05, 4.69) is 10.6 Å². The molecule has 2 aliphatic rings. The lowest BCUT2D eigenvalue weighted by Crippen LogP contribution is -2.45. The van der Waals surface area contributed by atoms with E-state index in [1.165, 1.54) is 26.4 Å². The molecule has 0 aromatic heterocycles. The molecule has 3 aromatic rings. The minimum absolute atomic E-state index is 0.0808. The zero-order valence-electron chi connectivity index (χ0n) is 21.7. The highest BCUT2D eigenvalue weighted by Gasteiger charge is 2.36. The smallest absolute Gasteiger partial charge is 0.242 e. The van der Waals surface area contributed by atoms with Gasteiger partial charge in [0.05, 0.1) is 14.2 Å². The van der Waals surface area contributed by atoms with Crippen molar-refractivity contribution in [3.05, 3.63) is 94.3 Å². The van der Waals surface area contributed by atoms with Gasteiger partial charge in [0.2, 0.25) is 11.7 Å². The van der Waals surface area contributed by atoms with E-state index in [1.54, 1.807) is 18.2 Å². The van der Waals surface area contributed by atoms with E-state index in [0.717, 1.165) is 46.3 Å². The first-order chi connectivity index (χ1) is 18.4. The Morgan fingerprint density at radius 1 is 1.05 bits per heavy atom. The minimum Gasteiger partial charge on any atom is -0.502 e. The van der Waals surface area contributed by atoms with Gasteiger partial charge in [-0.1, -0.05) is 36.4 Å². The van der Waals surface area contributed by atoms with Gasteiger partial charge in [0.1, 0.15) is 11.9 Å². The van der Waals surface area contributed by atoms with Gasteiger partial charge in [-0.15, -0.1) is 0 Å². The zero-order valence-corrected chi connectivity index (χ0v) is 21.7. The van der Waals surface area contributed by atoms with Crippen LogP contribution in [0.15, 0.2) is 66.2 Å². The van der Waals surface area contributed by atoms with E-state index in [1.807, 2.05) is 43.3 Å². The third-order valence-corrected chi connectivity index (χ3v) is 7.02. The first-order valence-electron chi connectivity index (χ1n) is 12.7. The third-order valence-electron chi connectivity index (χ3n) is 7.02. The van der Waals surface area contributed by atoms with Gasteiger partial charge >= 0.3 is 0 Å². The van der Waals surface area contributed by atoms with Crippen LogP contribution < -0.4 is 20.1 Å². The molecule has 1 saturated carbocycles. The fourth-order valence-corrected chi connectivity index (χ4v) is 4.91. The maximum absolute atomic E-state index is 14.5. The summed E-state index contributed by atoms with van der Waals surface area (Å²) in [7, 11) is 2.95. The third kappa shape index (κ3) is 5.15. The molecule has 3 N–H and O–H groups in total. The first kappa shape index (κ1) is 25.5. The Morgan fingerprint density at radius 3 is 2.37 bits per heavy atom. The number of rotatable bonds is 9. The van der Waals surface area contributed by atoms with Crippen LogP contribution >= 0.6 is 0 Å². The predicted octanol–water partition coefficient (Wildman–Crippen LogP) is 5.31. The number of methoxy groups -OCH3 is 2. The summed E-state index contributed by atoms with van der Waals surface area (Å²) in [5.41, 5.74) is 5.78. The molecule has 7 heteroatoms. The number of aromatic hydroxyl groups is 1. The van der Waals surface area contributed by atoms with Gasteiger partial charge in [-0.3, -0.25) is 10.1 Å². The molecule has 0 aliphatic heterocycles. The molecule has 2 aliphatic carbocycles. The Bertz CT molecular complexity index is 1400. The summed E-state index contributed by atoms with van der Waals surface area (Å²) in [5, 5.41) is 16.9. The molecule has 1 amide bonds. The Kier molecular flexibility index (Phi) is 7.20. The number of amides is 1. The average molecular weight is 515 g/mol. The summed E-state index contributed by atoms with van der Waals surface area (Å²) >= 11 is 0. The summed E-state index contributed by atoms with van der Waals surface area (Å²) in [4.78, 5) is 13.6. The summed E-state index contributed by atoms with van der Waals surface area (Å²) in [6, 6.07) is 17.5. The van der Waals surface area contributed by atoms with Crippen LogP contribution in [0.5, 0.6) is 17.2 Å². The normalized spacial score (nSPS) is 16.4. The summed E-state index contributed by atoms with van der Waals surface area (Å²) in [6.07, 6.45) is 3.95. The molecular formula is C31H31FN2O4. The maximum Gasteiger partial charge on any atom is 0.242 e. The van der Waals surface area contributed by atoms with Gasteiger partial charge in [0.25, 0.3) is 0 Å². The Labute approximate surface area is 221 Å². The molecule has 0 bridgehead atoms. The van der Waals surface area contributed by atoms with Crippen LogP contribution in [-0.2, 0) is 11.3 Å². The van der Waals surface area contributed by atoms with Crippen LogP contribution in [0.1, 0.15) is 42.0 Å². The number of carbonyl (C=O) groups is 1. The second-order valence-corrected chi connectivity index (χ2v) is 9.64. The Morgan fingerprint density at radius 2 is 1.74 bits per heavy atom. The van der Waals surface area contributed by atoms with Gasteiger partial charge in [-0.05, 0) is 89.1 Å². The fraction of sp³-hybridized carbons (Fsp3) is 0.258. The van der Waals surface area contributed by atoms with Crippen molar-refractivity contribution in [1.82, 2.24) is 10.6 Å². The fourth-order valence-electron chi connectivity index (χ4n) is 4.91. The van der Waals surface area contributed by atoms with E-state index in [4.69, 9.17) is 9.47 Å². The molecule has 1 unspecified atom stereocenters. The average Bonchev–Trinajstić information content (AvgIpc) is 3.71. The van der Waals surface area contributed by atoms with Gasteiger partial charge < -0.3 is 19.9 Å². The highest BCUT2D eigenvalue weighted by atomic mass is 19.1. The lowest BCUT2D eigenvalue weighted by atomic mass is 9.97. The van der Waals surface area contributed by atoms with Crippen molar-refractivity contribution in [2.45, 2.75) is 38.4 Å². The topological polar surface area (TPSA) is 79.8 Å². The largest absolute Gasteiger partial charge is 0.502 e. The highest BCUT2D eigenvalue weighted by Crippen LogP contribution is 2.45.